The van der Waals surface area contributed by atoms with Crippen molar-refractivity contribution in [3.8, 4) is 11.5 Å². The number of piperazine rings is 1. The minimum atomic E-state index is -0.0147. The Bertz CT molecular complexity index is 1010. The summed E-state index contributed by atoms with van der Waals surface area (Å²) in [6.07, 6.45) is 0. The molecule has 4 rings (SSSR count). The molecule has 1 aliphatic rings. The Kier molecular flexibility index (Phi) is 6.84. The Morgan fingerprint density at radius 3 is 2.22 bits per heavy atom. The number of hydrogen-bond donors (Lipinski definition) is 0. The van der Waals surface area contributed by atoms with Crippen LogP contribution in [0.4, 0.5) is 11.6 Å². The van der Waals surface area contributed by atoms with Gasteiger partial charge in [-0.25, -0.2) is 0 Å². The number of hydrogen-bond acceptors (Lipinski definition) is 6. The molecule has 0 N–H and O–H groups in total. The van der Waals surface area contributed by atoms with E-state index in [0.29, 0.717) is 43.2 Å². The highest BCUT2D eigenvalue weighted by Crippen LogP contribution is 2.27. The molecule has 7 nitrogen and oxygen atoms in total. The van der Waals surface area contributed by atoms with E-state index in [-0.39, 0.29) is 5.91 Å². The summed E-state index contributed by atoms with van der Waals surface area (Å²) in [5.74, 6) is 3.01. The number of benzene rings is 2. The molecular weight excluding hydrogens is 402 g/mol. The second kappa shape index (κ2) is 10.1. The molecule has 0 spiro atoms. The lowest BCUT2D eigenvalue weighted by atomic mass is 10.1. The third kappa shape index (κ3) is 4.82. The number of para-hydroxylation sites is 2. The fourth-order valence-corrected chi connectivity index (χ4v) is 3.86. The Morgan fingerprint density at radius 1 is 0.875 bits per heavy atom. The summed E-state index contributed by atoms with van der Waals surface area (Å²) >= 11 is 0. The lowest BCUT2D eigenvalue weighted by Gasteiger charge is -2.35. The molecule has 2 heterocycles. The van der Waals surface area contributed by atoms with Gasteiger partial charge in [-0.1, -0.05) is 30.3 Å². The molecule has 0 aliphatic carbocycles. The standard InChI is InChI=1S/C25H29N5O2/c1-3-28(4-2)23-14-15-24(27-26-23)29-16-18-30(19-17-29)25(31)21-12-8-9-13-22(21)32-20-10-6-5-7-11-20/h5-15H,3-4,16-19H2,1-2H3. The zero-order valence-electron chi connectivity index (χ0n) is 18.6. The number of ether oxygens (including phenoxy) is 1. The average molecular weight is 432 g/mol. The van der Waals surface area contributed by atoms with Crippen LogP contribution in [0.2, 0.25) is 0 Å². The summed E-state index contributed by atoms with van der Waals surface area (Å²) in [6.45, 7) is 8.70. The molecule has 1 aromatic heterocycles. The summed E-state index contributed by atoms with van der Waals surface area (Å²) in [5, 5.41) is 8.81. The highest BCUT2D eigenvalue weighted by atomic mass is 16.5. The van der Waals surface area contributed by atoms with E-state index in [9.17, 15) is 4.79 Å². The molecular formula is C25H29N5O2. The summed E-state index contributed by atoms with van der Waals surface area (Å²) in [6, 6.07) is 21.0. The zero-order valence-corrected chi connectivity index (χ0v) is 18.6. The maximum Gasteiger partial charge on any atom is 0.257 e. The van der Waals surface area contributed by atoms with Crippen molar-refractivity contribution in [2.75, 3.05) is 49.1 Å². The SMILES string of the molecule is CCN(CC)c1ccc(N2CCN(C(=O)c3ccccc3Oc3ccccc3)CC2)nn1. The molecule has 3 aromatic rings. The number of rotatable bonds is 7. The molecule has 7 heteroatoms. The molecule has 0 saturated carbocycles. The van der Waals surface area contributed by atoms with Crippen molar-refractivity contribution in [1.29, 1.82) is 0 Å². The molecule has 1 aliphatic heterocycles. The Labute approximate surface area is 189 Å². The van der Waals surface area contributed by atoms with Crippen LogP contribution in [-0.2, 0) is 0 Å². The van der Waals surface area contributed by atoms with E-state index in [4.69, 9.17) is 4.74 Å². The molecule has 0 radical (unpaired) electrons. The Hall–Kier alpha value is -3.61. The molecule has 0 atom stereocenters. The second-order valence-corrected chi connectivity index (χ2v) is 7.61. The van der Waals surface area contributed by atoms with Crippen molar-refractivity contribution < 1.29 is 9.53 Å². The molecule has 1 amide bonds. The fraction of sp³-hybridized carbons (Fsp3) is 0.320. The zero-order chi connectivity index (χ0) is 22.3. The van der Waals surface area contributed by atoms with E-state index < -0.39 is 0 Å². The first-order chi connectivity index (χ1) is 15.7. The number of nitrogens with zero attached hydrogens (tertiary/aromatic N) is 5. The monoisotopic (exact) mass is 431 g/mol. The lowest BCUT2D eigenvalue weighted by molar-refractivity contribution is 0.0744. The highest BCUT2D eigenvalue weighted by molar-refractivity contribution is 5.97. The lowest BCUT2D eigenvalue weighted by Crippen LogP contribution is -2.49. The summed E-state index contributed by atoms with van der Waals surface area (Å²) in [4.78, 5) is 19.5. The van der Waals surface area contributed by atoms with Crippen LogP contribution < -0.4 is 14.5 Å². The van der Waals surface area contributed by atoms with Crippen LogP contribution in [-0.4, -0.2) is 60.3 Å². The first-order valence-electron chi connectivity index (χ1n) is 11.1. The van der Waals surface area contributed by atoms with E-state index in [1.165, 1.54) is 0 Å². The quantitative estimate of drug-likeness (QED) is 0.562. The Morgan fingerprint density at radius 2 is 1.56 bits per heavy atom. The fourth-order valence-electron chi connectivity index (χ4n) is 3.86. The maximum atomic E-state index is 13.2. The van der Waals surface area contributed by atoms with Crippen LogP contribution in [0.5, 0.6) is 11.5 Å². The van der Waals surface area contributed by atoms with Crippen molar-refractivity contribution in [3.05, 3.63) is 72.3 Å². The van der Waals surface area contributed by atoms with Gasteiger partial charge in [0.05, 0.1) is 5.56 Å². The molecule has 1 fully saturated rings. The summed E-state index contributed by atoms with van der Waals surface area (Å²) < 4.78 is 5.98. The topological polar surface area (TPSA) is 61.8 Å². The van der Waals surface area contributed by atoms with Gasteiger partial charge in [-0.3, -0.25) is 4.79 Å². The summed E-state index contributed by atoms with van der Waals surface area (Å²) in [7, 11) is 0. The molecule has 2 aromatic carbocycles. The smallest absolute Gasteiger partial charge is 0.257 e. The van der Waals surface area contributed by atoms with Crippen LogP contribution in [0, 0.1) is 0 Å². The largest absolute Gasteiger partial charge is 0.457 e. The van der Waals surface area contributed by atoms with E-state index in [0.717, 1.165) is 24.7 Å². The number of carbonyl (C=O) groups excluding carboxylic acids is 1. The number of amides is 1. The number of aromatic nitrogens is 2. The van der Waals surface area contributed by atoms with Crippen LogP contribution in [0.1, 0.15) is 24.2 Å². The van der Waals surface area contributed by atoms with Gasteiger partial charge in [0.15, 0.2) is 11.6 Å². The van der Waals surface area contributed by atoms with Gasteiger partial charge in [0, 0.05) is 39.3 Å². The van der Waals surface area contributed by atoms with Gasteiger partial charge in [-0.2, -0.15) is 0 Å². The predicted octanol–water partition coefficient (Wildman–Crippen LogP) is 4.08. The van der Waals surface area contributed by atoms with Crippen LogP contribution >= 0.6 is 0 Å². The van der Waals surface area contributed by atoms with Crippen molar-refractivity contribution >= 4 is 17.5 Å². The van der Waals surface area contributed by atoms with E-state index in [1.807, 2.05) is 71.6 Å². The number of anilines is 2. The minimum absolute atomic E-state index is 0.0147. The predicted molar refractivity (Wildman–Crippen MR) is 127 cm³/mol. The first kappa shape index (κ1) is 21.6. The van der Waals surface area contributed by atoms with Crippen LogP contribution in [0.25, 0.3) is 0 Å². The Balaban J connectivity index is 1.40. The maximum absolute atomic E-state index is 13.2. The van der Waals surface area contributed by atoms with Crippen molar-refractivity contribution in [2.24, 2.45) is 0 Å². The van der Waals surface area contributed by atoms with Gasteiger partial charge in [-0.15, -0.1) is 10.2 Å². The minimum Gasteiger partial charge on any atom is -0.457 e. The van der Waals surface area contributed by atoms with Crippen LogP contribution in [0.3, 0.4) is 0 Å². The van der Waals surface area contributed by atoms with Crippen molar-refractivity contribution in [1.82, 2.24) is 15.1 Å². The van der Waals surface area contributed by atoms with Gasteiger partial charge in [0.25, 0.3) is 5.91 Å². The van der Waals surface area contributed by atoms with E-state index >= 15 is 0 Å². The molecule has 1 saturated heterocycles. The third-order valence-corrected chi connectivity index (χ3v) is 5.70. The number of carbonyl (C=O) groups is 1. The van der Waals surface area contributed by atoms with E-state index in [2.05, 4.69) is 33.8 Å². The van der Waals surface area contributed by atoms with Gasteiger partial charge >= 0.3 is 0 Å². The second-order valence-electron chi connectivity index (χ2n) is 7.61. The molecule has 166 valence electrons. The van der Waals surface area contributed by atoms with Crippen molar-refractivity contribution in [2.45, 2.75) is 13.8 Å². The van der Waals surface area contributed by atoms with Gasteiger partial charge in [-0.05, 0) is 50.2 Å². The van der Waals surface area contributed by atoms with Crippen LogP contribution in [0.15, 0.2) is 66.7 Å². The highest BCUT2D eigenvalue weighted by Gasteiger charge is 2.25. The molecule has 0 unspecified atom stereocenters. The van der Waals surface area contributed by atoms with Gasteiger partial charge < -0.3 is 19.4 Å². The first-order valence-corrected chi connectivity index (χ1v) is 11.1. The van der Waals surface area contributed by atoms with Gasteiger partial charge in [0.1, 0.15) is 11.5 Å². The van der Waals surface area contributed by atoms with Gasteiger partial charge in [0.2, 0.25) is 0 Å². The van der Waals surface area contributed by atoms with Crippen molar-refractivity contribution in [3.63, 3.8) is 0 Å². The average Bonchev–Trinajstić information content (AvgIpc) is 2.86. The summed E-state index contributed by atoms with van der Waals surface area (Å²) in [5.41, 5.74) is 0.577. The normalized spacial score (nSPS) is 13.7. The third-order valence-electron chi connectivity index (χ3n) is 5.70. The molecule has 0 bridgehead atoms. The van der Waals surface area contributed by atoms with E-state index in [1.54, 1.807) is 0 Å². The molecule has 32 heavy (non-hydrogen) atoms.